The SMILES string of the molecule is Cc1ccc(-c2nc3ccn(Cc4cc(-c5cc(F)ccc5F)no4)cc-3n2)s1. The van der Waals surface area contributed by atoms with Crippen LogP contribution in [0.2, 0.25) is 0 Å². The second-order valence-corrected chi connectivity index (χ2v) is 7.94. The van der Waals surface area contributed by atoms with Crippen LogP contribution >= 0.6 is 11.3 Å². The molecular formula is C21H14F2N4OS. The molecule has 144 valence electrons. The molecule has 0 atom stereocenters. The molecule has 0 saturated carbocycles. The molecule has 2 aliphatic rings. The molecule has 0 fully saturated rings. The molecule has 0 N–H and O–H groups in total. The van der Waals surface area contributed by atoms with Crippen molar-refractivity contribution in [2.75, 3.05) is 0 Å². The van der Waals surface area contributed by atoms with E-state index in [1.165, 1.54) is 4.88 Å². The lowest BCUT2D eigenvalue weighted by Crippen LogP contribution is -1.99. The molecule has 5 nitrogen and oxygen atoms in total. The van der Waals surface area contributed by atoms with Crippen LogP contribution in [0.1, 0.15) is 10.6 Å². The number of rotatable bonds is 4. The van der Waals surface area contributed by atoms with E-state index in [9.17, 15) is 8.78 Å². The third-order valence-corrected chi connectivity index (χ3v) is 5.49. The Balaban J connectivity index is 1.42. The zero-order valence-electron chi connectivity index (χ0n) is 15.3. The summed E-state index contributed by atoms with van der Waals surface area (Å²) in [6.07, 6.45) is 3.74. The zero-order chi connectivity index (χ0) is 20.0. The second kappa shape index (κ2) is 6.89. The minimum absolute atomic E-state index is 0.0678. The predicted molar refractivity (Wildman–Crippen MR) is 106 cm³/mol. The molecule has 1 aromatic carbocycles. The number of hydrogen-bond donors (Lipinski definition) is 0. The number of nitrogens with zero attached hydrogens (tertiary/aromatic N) is 4. The molecule has 0 radical (unpaired) electrons. The van der Waals surface area contributed by atoms with Crippen LogP contribution in [-0.4, -0.2) is 19.7 Å². The number of hydrogen-bond acceptors (Lipinski definition) is 5. The summed E-state index contributed by atoms with van der Waals surface area (Å²) in [7, 11) is 0. The normalized spacial score (nSPS) is 11.4. The number of pyridine rings is 1. The molecular weight excluding hydrogens is 394 g/mol. The fourth-order valence-corrected chi connectivity index (χ4v) is 3.90. The van der Waals surface area contributed by atoms with Crippen LogP contribution < -0.4 is 0 Å². The fourth-order valence-electron chi connectivity index (χ4n) is 3.10. The lowest BCUT2D eigenvalue weighted by molar-refractivity contribution is 0.378. The molecule has 5 rings (SSSR count). The molecule has 8 heteroatoms. The van der Waals surface area contributed by atoms with E-state index >= 15 is 0 Å². The third kappa shape index (κ3) is 3.42. The van der Waals surface area contributed by atoms with Gasteiger partial charge in [-0.1, -0.05) is 5.16 Å². The van der Waals surface area contributed by atoms with E-state index in [0.717, 1.165) is 34.5 Å². The van der Waals surface area contributed by atoms with Crippen molar-refractivity contribution < 1.29 is 13.3 Å². The lowest BCUT2D eigenvalue weighted by Gasteiger charge is -2.04. The Hall–Kier alpha value is -3.39. The summed E-state index contributed by atoms with van der Waals surface area (Å²) in [5.41, 5.74) is 1.90. The maximum atomic E-state index is 13.9. The van der Waals surface area contributed by atoms with Gasteiger partial charge in [0.15, 0.2) is 11.6 Å². The van der Waals surface area contributed by atoms with Gasteiger partial charge < -0.3 is 9.09 Å². The summed E-state index contributed by atoms with van der Waals surface area (Å²) in [6.45, 7) is 2.42. The number of imidazole rings is 1. The van der Waals surface area contributed by atoms with Crippen molar-refractivity contribution >= 4 is 11.3 Å². The van der Waals surface area contributed by atoms with Crippen LogP contribution in [0.5, 0.6) is 0 Å². The van der Waals surface area contributed by atoms with Gasteiger partial charge in [-0.15, -0.1) is 11.3 Å². The Bertz CT molecular complexity index is 1290. The molecule has 0 bridgehead atoms. The molecule has 0 unspecified atom stereocenters. The Labute approximate surface area is 168 Å². The maximum absolute atomic E-state index is 13.9. The second-order valence-electron chi connectivity index (χ2n) is 6.65. The first-order valence-corrected chi connectivity index (χ1v) is 9.68. The minimum atomic E-state index is -0.552. The van der Waals surface area contributed by atoms with E-state index in [0.29, 0.717) is 18.1 Å². The molecule has 0 spiro atoms. The van der Waals surface area contributed by atoms with Crippen LogP contribution in [0, 0.1) is 18.6 Å². The summed E-state index contributed by atoms with van der Waals surface area (Å²) in [5.74, 6) is 0.141. The van der Waals surface area contributed by atoms with Gasteiger partial charge in [-0.05, 0) is 43.3 Å². The predicted octanol–water partition coefficient (Wildman–Crippen LogP) is 5.40. The van der Waals surface area contributed by atoms with Gasteiger partial charge in [-0.25, -0.2) is 18.7 Å². The van der Waals surface area contributed by atoms with Crippen LogP contribution in [-0.2, 0) is 6.54 Å². The standard InChI is InChI=1S/C21H14F2N4OS/c1-12-2-5-20(29-12)21-24-17-6-7-27(11-19(17)25-21)10-14-9-18(26-28-14)15-8-13(22)3-4-16(15)23/h2-9,11H,10H2,1H3. The Morgan fingerprint density at radius 3 is 2.69 bits per heavy atom. The van der Waals surface area contributed by atoms with E-state index in [-0.39, 0.29) is 11.3 Å². The largest absolute Gasteiger partial charge is 0.359 e. The van der Waals surface area contributed by atoms with E-state index in [2.05, 4.69) is 15.1 Å². The fraction of sp³-hybridized carbons (Fsp3) is 0.0952. The van der Waals surface area contributed by atoms with Crippen molar-refractivity contribution in [3.63, 3.8) is 0 Å². The van der Waals surface area contributed by atoms with Crippen molar-refractivity contribution in [1.82, 2.24) is 19.7 Å². The highest BCUT2D eigenvalue weighted by Crippen LogP contribution is 2.30. The monoisotopic (exact) mass is 408 g/mol. The van der Waals surface area contributed by atoms with Crippen LogP contribution in [0.15, 0.2) is 59.4 Å². The first-order valence-electron chi connectivity index (χ1n) is 8.86. The highest BCUT2D eigenvalue weighted by atomic mass is 32.1. The Kier molecular flexibility index (Phi) is 4.21. The van der Waals surface area contributed by atoms with Crippen LogP contribution in [0.4, 0.5) is 8.78 Å². The molecule has 3 aromatic rings. The van der Waals surface area contributed by atoms with Crippen molar-refractivity contribution in [3.8, 4) is 33.3 Å². The average Bonchev–Trinajstić information content (AvgIpc) is 3.43. The molecule has 0 aliphatic carbocycles. The quantitative estimate of drug-likeness (QED) is 0.399. The van der Waals surface area contributed by atoms with Crippen molar-refractivity contribution in [3.05, 3.63) is 77.1 Å². The topological polar surface area (TPSA) is 56.7 Å². The number of halogens is 2. The van der Waals surface area contributed by atoms with Crippen molar-refractivity contribution in [2.45, 2.75) is 13.5 Å². The van der Waals surface area contributed by atoms with E-state index in [1.807, 2.05) is 42.1 Å². The number of thiophene rings is 1. The molecule has 2 aromatic heterocycles. The first kappa shape index (κ1) is 17.7. The van der Waals surface area contributed by atoms with E-state index in [1.54, 1.807) is 17.4 Å². The van der Waals surface area contributed by atoms with E-state index < -0.39 is 11.6 Å². The highest BCUT2D eigenvalue weighted by Gasteiger charge is 2.15. The lowest BCUT2D eigenvalue weighted by atomic mass is 10.1. The van der Waals surface area contributed by atoms with Gasteiger partial charge in [0, 0.05) is 28.9 Å². The summed E-state index contributed by atoms with van der Waals surface area (Å²) < 4.78 is 34.6. The van der Waals surface area contributed by atoms with Crippen LogP contribution in [0.25, 0.3) is 33.3 Å². The van der Waals surface area contributed by atoms with Crippen molar-refractivity contribution in [1.29, 1.82) is 0 Å². The summed E-state index contributed by atoms with van der Waals surface area (Å²) in [6, 6.07) is 10.8. The van der Waals surface area contributed by atoms with Gasteiger partial charge in [0.2, 0.25) is 0 Å². The molecule has 0 amide bonds. The first-order chi connectivity index (χ1) is 14.0. The van der Waals surface area contributed by atoms with Gasteiger partial charge in [-0.3, -0.25) is 0 Å². The minimum Gasteiger partial charge on any atom is -0.359 e. The number of aryl methyl sites for hydroxylation is 1. The van der Waals surface area contributed by atoms with Gasteiger partial charge in [0.05, 0.1) is 17.1 Å². The molecule has 2 aliphatic heterocycles. The summed E-state index contributed by atoms with van der Waals surface area (Å²) >= 11 is 1.65. The third-order valence-electron chi connectivity index (χ3n) is 4.49. The number of benzene rings is 1. The highest BCUT2D eigenvalue weighted by molar-refractivity contribution is 7.15. The Morgan fingerprint density at radius 2 is 1.86 bits per heavy atom. The van der Waals surface area contributed by atoms with Gasteiger partial charge >= 0.3 is 0 Å². The van der Waals surface area contributed by atoms with Crippen LogP contribution in [0.3, 0.4) is 0 Å². The van der Waals surface area contributed by atoms with Crippen molar-refractivity contribution in [2.24, 2.45) is 0 Å². The zero-order valence-corrected chi connectivity index (χ0v) is 16.1. The van der Waals surface area contributed by atoms with Gasteiger partial charge in [0.25, 0.3) is 0 Å². The summed E-state index contributed by atoms with van der Waals surface area (Å²) in [5, 5.41) is 3.87. The van der Waals surface area contributed by atoms with Gasteiger partial charge in [0.1, 0.15) is 23.0 Å². The molecule has 0 saturated heterocycles. The summed E-state index contributed by atoms with van der Waals surface area (Å²) in [4.78, 5) is 11.4. The average molecular weight is 408 g/mol. The number of aromatic nitrogens is 4. The molecule has 4 heterocycles. The smallest absolute Gasteiger partial charge is 0.170 e. The van der Waals surface area contributed by atoms with Gasteiger partial charge in [-0.2, -0.15) is 0 Å². The molecule has 29 heavy (non-hydrogen) atoms. The maximum Gasteiger partial charge on any atom is 0.170 e. The Morgan fingerprint density at radius 1 is 1.00 bits per heavy atom. The van der Waals surface area contributed by atoms with E-state index in [4.69, 9.17) is 4.52 Å². The number of fused-ring (bicyclic) bond motifs is 1.